The number of rotatable bonds is 0. The van der Waals surface area contributed by atoms with E-state index in [9.17, 15) is 0 Å². The van der Waals surface area contributed by atoms with Gasteiger partial charge in [0.25, 0.3) is 0 Å². The third kappa shape index (κ3) is 2.43. The second-order valence-electron chi connectivity index (χ2n) is 1.33. The van der Waals surface area contributed by atoms with Crippen molar-refractivity contribution in [3.8, 4) is 0 Å². The van der Waals surface area contributed by atoms with E-state index in [1.54, 1.807) is 6.07 Å². The van der Waals surface area contributed by atoms with Gasteiger partial charge in [0.2, 0.25) is 0 Å². The summed E-state index contributed by atoms with van der Waals surface area (Å²) in [6.07, 6.45) is 1.54. The van der Waals surface area contributed by atoms with Crippen LogP contribution in [0.3, 0.4) is 0 Å². The zero-order chi connectivity index (χ0) is 5.98. The molecule has 1 aromatic heterocycles. The second-order valence-corrected chi connectivity index (χ2v) is 2.25. The average molecular weight is 185 g/mol. The molecule has 1 heterocycles. The normalized spacial score (nSPS) is 8.11. The number of hydrogen-bond acceptors (Lipinski definition) is 1. The first-order chi connectivity index (χ1) is 3.79. The van der Waals surface area contributed by atoms with Gasteiger partial charge < -0.3 is 0 Å². The fourth-order valence-corrected chi connectivity index (χ4v) is 0.603. The maximum Gasteiger partial charge on any atom is 0.174 e. The third-order valence-corrected chi connectivity index (χ3v) is 1.18. The lowest BCUT2D eigenvalue weighted by molar-refractivity contribution is 1.24. The van der Waals surface area contributed by atoms with Crippen LogP contribution < -0.4 is 11.9 Å². The van der Waals surface area contributed by atoms with Gasteiger partial charge in [0, 0.05) is 16.8 Å². The lowest BCUT2D eigenvalue weighted by Gasteiger charge is -1.85. The SMILES string of the molecule is [N].[N]c1ccc(Br)cn1. The van der Waals surface area contributed by atoms with Crippen LogP contribution in [0.4, 0.5) is 5.82 Å². The van der Waals surface area contributed by atoms with Gasteiger partial charge in [-0.1, -0.05) is 0 Å². The van der Waals surface area contributed by atoms with E-state index in [4.69, 9.17) is 5.73 Å². The molecule has 3 nitrogen and oxygen atoms in total. The van der Waals surface area contributed by atoms with E-state index in [1.807, 2.05) is 0 Å². The van der Waals surface area contributed by atoms with Gasteiger partial charge in [0.1, 0.15) is 0 Å². The number of aromatic nitrogens is 1. The molecule has 4 heteroatoms. The van der Waals surface area contributed by atoms with Crippen molar-refractivity contribution >= 4 is 21.7 Å². The first-order valence-electron chi connectivity index (χ1n) is 2.09. The van der Waals surface area contributed by atoms with Gasteiger partial charge in [-0.2, -0.15) is 0 Å². The van der Waals surface area contributed by atoms with Crippen LogP contribution >= 0.6 is 15.9 Å². The molecule has 0 atom stereocenters. The van der Waals surface area contributed by atoms with Crippen molar-refractivity contribution < 1.29 is 0 Å². The van der Waals surface area contributed by atoms with Crippen molar-refractivity contribution in [3.63, 3.8) is 0 Å². The molecule has 0 N–H and O–H groups in total. The first-order valence-corrected chi connectivity index (χ1v) is 2.89. The zero-order valence-corrected chi connectivity index (χ0v) is 6.04. The minimum absolute atomic E-state index is 0. The highest BCUT2D eigenvalue weighted by Crippen LogP contribution is 2.07. The predicted octanol–water partition coefficient (Wildman–Crippen LogP) is 1.06. The molecular weight excluding hydrogens is 182 g/mol. The summed E-state index contributed by atoms with van der Waals surface area (Å²) < 4.78 is 0.871. The van der Waals surface area contributed by atoms with Crippen LogP contribution in [-0.2, 0) is 0 Å². The minimum atomic E-state index is 0. The lowest BCUT2D eigenvalue weighted by Crippen LogP contribution is -1.73. The van der Waals surface area contributed by atoms with Crippen LogP contribution in [0, 0.1) is 0 Å². The summed E-state index contributed by atoms with van der Waals surface area (Å²) in [5, 5.41) is 0. The Morgan fingerprint density at radius 2 is 2.11 bits per heavy atom. The first kappa shape index (κ1) is 8.39. The Bertz CT molecular complexity index is 151. The van der Waals surface area contributed by atoms with E-state index in [0.29, 0.717) is 0 Å². The van der Waals surface area contributed by atoms with Gasteiger partial charge in [-0.3, -0.25) is 0 Å². The Labute approximate surface area is 62.0 Å². The highest BCUT2D eigenvalue weighted by molar-refractivity contribution is 9.10. The van der Waals surface area contributed by atoms with Crippen molar-refractivity contribution in [2.75, 3.05) is 0 Å². The number of nitrogens with zero attached hydrogens (tertiary/aromatic N) is 3. The molecule has 0 fully saturated rings. The van der Waals surface area contributed by atoms with Crippen LogP contribution in [0.5, 0.6) is 0 Å². The summed E-state index contributed by atoms with van der Waals surface area (Å²) in [5.74, 6) is 0.0493. The van der Waals surface area contributed by atoms with Crippen LogP contribution in [0.25, 0.3) is 0 Å². The molecule has 45 valence electrons. The number of hydrogen-bond donors (Lipinski definition) is 0. The Hall–Kier alpha value is -0.610. The van der Waals surface area contributed by atoms with Crippen molar-refractivity contribution in [3.05, 3.63) is 22.8 Å². The quantitative estimate of drug-likeness (QED) is 0.595. The van der Waals surface area contributed by atoms with Crippen molar-refractivity contribution in [1.82, 2.24) is 16.9 Å². The fourth-order valence-electron chi connectivity index (χ4n) is 0.368. The van der Waals surface area contributed by atoms with Gasteiger partial charge in [0.15, 0.2) is 5.82 Å². The van der Waals surface area contributed by atoms with Gasteiger partial charge in [0.05, 0.1) is 0 Å². The minimum Gasteiger partial charge on any atom is -0.234 e. The molecule has 0 saturated heterocycles. The van der Waals surface area contributed by atoms with E-state index >= 15 is 0 Å². The molecule has 1 aromatic rings. The Balaban J connectivity index is 0.000000640. The van der Waals surface area contributed by atoms with Gasteiger partial charge in [-0.05, 0) is 28.1 Å². The van der Waals surface area contributed by atoms with Gasteiger partial charge in [-0.15, -0.1) is 5.73 Å². The fraction of sp³-hybridized carbons (Fsp3) is 0. The van der Waals surface area contributed by atoms with E-state index in [1.165, 1.54) is 12.3 Å². The maximum atomic E-state index is 8.62. The predicted molar refractivity (Wildman–Crippen MR) is 35.9 cm³/mol. The third-order valence-electron chi connectivity index (χ3n) is 0.712. The Kier molecular flexibility index (Phi) is 3.19. The van der Waals surface area contributed by atoms with E-state index < -0.39 is 0 Å². The van der Waals surface area contributed by atoms with Gasteiger partial charge in [-0.25, -0.2) is 4.98 Å². The number of pyridine rings is 1. The Morgan fingerprint density at radius 1 is 1.44 bits per heavy atom. The smallest absolute Gasteiger partial charge is 0.174 e. The standard InChI is InChI=1S/C5H3BrN2.N/c6-4-1-2-5(7)8-3-4;/h1-3H;. The molecule has 5 radical (unpaired) electrons. The highest BCUT2D eigenvalue weighted by atomic mass is 79.9. The average Bonchev–Trinajstić information content (AvgIpc) is 1.77. The monoisotopic (exact) mass is 184 g/mol. The lowest BCUT2D eigenvalue weighted by atomic mass is 10.5. The molecule has 0 bridgehead atoms. The highest BCUT2D eigenvalue weighted by Gasteiger charge is 1.85. The maximum absolute atomic E-state index is 8.62. The molecule has 0 saturated carbocycles. The summed E-state index contributed by atoms with van der Waals surface area (Å²) in [4.78, 5) is 3.59. The van der Waals surface area contributed by atoms with Crippen molar-refractivity contribution in [2.24, 2.45) is 0 Å². The molecular formula is C5H3BrN3. The summed E-state index contributed by atoms with van der Waals surface area (Å²) >= 11 is 3.17. The molecule has 0 aliphatic carbocycles. The number of halogens is 1. The molecule has 0 aromatic carbocycles. The van der Waals surface area contributed by atoms with E-state index in [0.717, 1.165) is 4.47 Å². The summed E-state index contributed by atoms with van der Waals surface area (Å²) in [5.41, 5.74) is 8.62. The largest absolute Gasteiger partial charge is 0.234 e. The molecule has 0 aliphatic heterocycles. The van der Waals surface area contributed by atoms with E-state index in [2.05, 4.69) is 20.9 Å². The van der Waals surface area contributed by atoms with Crippen LogP contribution in [0.1, 0.15) is 0 Å². The van der Waals surface area contributed by atoms with E-state index in [-0.39, 0.29) is 12.0 Å². The van der Waals surface area contributed by atoms with Crippen molar-refractivity contribution in [2.45, 2.75) is 0 Å². The van der Waals surface area contributed by atoms with Gasteiger partial charge >= 0.3 is 0 Å². The molecule has 0 aliphatic rings. The molecule has 0 unspecified atom stereocenters. The summed E-state index contributed by atoms with van der Waals surface area (Å²) in [6.45, 7) is 0. The topological polar surface area (TPSA) is 65.7 Å². The summed E-state index contributed by atoms with van der Waals surface area (Å²) in [7, 11) is 0. The van der Waals surface area contributed by atoms with Crippen molar-refractivity contribution in [1.29, 1.82) is 0 Å². The Morgan fingerprint density at radius 3 is 2.44 bits per heavy atom. The zero-order valence-electron chi connectivity index (χ0n) is 4.45. The molecule has 1 rings (SSSR count). The summed E-state index contributed by atoms with van der Waals surface area (Å²) in [6, 6.07) is 3.24. The molecule has 0 spiro atoms. The van der Waals surface area contributed by atoms with Crippen LogP contribution in [-0.4, -0.2) is 4.98 Å². The molecule has 9 heavy (non-hydrogen) atoms. The van der Waals surface area contributed by atoms with Crippen LogP contribution in [0.15, 0.2) is 22.8 Å². The molecule has 0 amide bonds. The second kappa shape index (κ2) is 3.42. The van der Waals surface area contributed by atoms with Crippen LogP contribution in [0.2, 0.25) is 0 Å².